The van der Waals surface area contributed by atoms with Crippen molar-refractivity contribution in [2.45, 2.75) is 6.42 Å². The number of methoxy groups -OCH3 is 2. The first kappa shape index (κ1) is 16.5. The Kier molecular flexibility index (Phi) is 4.53. The quantitative estimate of drug-likeness (QED) is 0.796. The van der Waals surface area contributed by atoms with Crippen molar-refractivity contribution in [1.82, 2.24) is 0 Å². The van der Waals surface area contributed by atoms with Crippen molar-refractivity contribution in [2.75, 3.05) is 14.2 Å². The summed E-state index contributed by atoms with van der Waals surface area (Å²) in [5.74, 6) is 0.911. The van der Waals surface area contributed by atoms with Gasteiger partial charge in [-0.3, -0.25) is 9.59 Å². The van der Waals surface area contributed by atoms with Gasteiger partial charge in [0.2, 0.25) is 0 Å². The van der Waals surface area contributed by atoms with Gasteiger partial charge in [-0.15, -0.1) is 0 Å². The molecule has 0 heterocycles. The summed E-state index contributed by atoms with van der Waals surface area (Å²) in [6.07, 6.45) is 1.76. The van der Waals surface area contributed by atoms with E-state index in [1.165, 1.54) is 6.08 Å². The summed E-state index contributed by atoms with van der Waals surface area (Å²) < 4.78 is 11.4. The first-order valence-electron chi connectivity index (χ1n) is 7.34. The van der Waals surface area contributed by atoms with Crippen LogP contribution in [0.15, 0.2) is 52.5 Å². The van der Waals surface area contributed by atoms with E-state index in [-0.39, 0.29) is 11.6 Å². The molecule has 4 nitrogen and oxygen atoms in total. The largest absolute Gasteiger partial charge is 0.493 e. The molecule has 0 amide bonds. The molecule has 1 aliphatic carbocycles. The lowest BCUT2D eigenvalue weighted by Crippen LogP contribution is -2.18. The van der Waals surface area contributed by atoms with Crippen molar-refractivity contribution in [3.05, 3.63) is 69.2 Å². The smallest absolute Gasteiger partial charge is 0.190 e. The van der Waals surface area contributed by atoms with Crippen LogP contribution in [0.4, 0.5) is 0 Å². The normalized spacial score (nSPS) is 13.4. The number of fused-ring (bicyclic) bond motifs is 1. The standard InChI is InChI=1S/C19H15BrO4/c1-23-17-9-11(15(20)10-18(17)24-2)7-12-8-16(21)13-5-3-4-6-14(13)19(12)22/h3-6,8-10H,7H2,1-2H3. The summed E-state index contributed by atoms with van der Waals surface area (Å²) in [5, 5.41) is 0. The maximum absolute atomic E-state index is 12.7. The van der Waals surface area contributed by atoms with Crippen molar-refractivity contribution in [3.8, 4) is 11.5 Å². The fourth-order valence-corrected chi connectivity index (χ4v) is 3.20. The monoisotopic (exact) mass is 386 g/mol. The molecule has 2 aromatic carbocycles. The van der Waals surface area contributed by atoms with Crippen LogP contribution in [-0.4, -0.2) is 25.8 Å². The molecular weight excluding hydrogens is 372 g/mol. The number of hydrogen-bond acceptors (Lipinski definition) is 4. The van der Waals surface area contributed by atoms with Crippen molar-refractivity contribution in [3.63, 3.8) is 0 Å². The highest BCUT2D eigenvalue weighted by molar-refractivity contribution is 9.10. The molecule has 0 N–H and O–H groups in total. The van der Waals surface area contributed by atoms with Crippen LogP contribution in [0, 0.1) is 0 Å². The van der Waals surface area contributed by atoms with Gasteiger partial charge in [-0.2, -0.15) is 0 Å². The fourth-order valence-electron chi connectivity index (χ4n) is 2.74. The van der Waals surface area contributed by atoms with Crippen LogP contribution in [0.3, 0.4) is 0 Å². The van der Waals surface area contributed by atoms with E-state index in [9.17, 15) is 9.59 Å². The predicted molar refractivity (Wildman–Crippen MR) is 94.1 cm³/mol. The molecule has 3 rings (SSSR count). The van der Waals surface area contributed by atoms with Crippen molar-refractivity contribution >= 4 is 27.5 Å². The van der Waals surface area contributed by atoms with Gasteiger partial charge in [-0.25, -0.2) is 0 Å². The highest BCUT2D eigenvalue weighted by Crippen LogP contribution is 2.35. The Balaban J connectivity index is 1.98. The number of Topliss-reactive ketones (excluding diaryl/α,β-unsaturated/α-hetero) is 1. The van der Waals surface area contributed by atoms with Gasteiger partial charge in [-0.05, 0) is 23.8 Å². The molecule has 2 aromatic rings. The van der Waals surface area contributed by atoms with E-state index in [1.807, 2.05) is 6.07 Å². The van der Waals surface area contributed by atoms with Crippen LogP contribution in [0.1, 0.15) is 26.3 Å². The number of halogens is 1. The number of rotatable bonds is 4. The number of hydrogen-bond donors (Lipinski definition) is 0. The molecular formula is C19H15BrO4. The Morgan fingerprint density at radius 3 is 2.25 bits per heavy atom. The van der Waals surface area contributed by atoms with Gasteiger partial charge < -0.3 is 9.47 Å². The van der Waals surface area contributed by atoms with E-state index < -0.39 is 0 Å². The Hall–Kier alpha value is -2.40. The Labute approximate surface area is 148 Å². The first-order valence-corrected chi connectivity index (χ1v) is 8.13. The maximum Gasteiger partial charge on any atom is 0.190 e. The Bertz CT molecular complexity index is 868. The molecule has 0 saturated heterocycles. The van der Waals surface area contributed by atoms with Crippen LogP contribution in [0.5, 0.6) is 11.5 Å². The molecule has 24 heavy (non-hydrogen) atoms. The lowest BCUT2D eigenvalue weighted by atomic mass is 9.87. The minimum absolute atomic E-state index is 0.119. The second-order valence-corrected chi connectivity index (χ2v) is 6.24. The third-order valence-corrected chi connectivity index (χ3v) is 4.71. The van der Waals surface area contributed by atoms with E-state index in [1.54, 1.807) is 44.6 Å². The van der Waals surface area contributed by atoms with Crippen LogP contribution < -0.4 is 9.47 Å². The average Bonchev–Trinajstić information content (AvgIpc) is 2.60. The maximum atomic E-state index is 12.7. The number of carbonyl (C=O) groups excluding carboxylic acids is 2. The summed E-state index contributed by atoms with van der Waals surface area (Å²) in [6, 6.07) is 10.5. The van der Waals surface area contributed by atoms with E-state index in [4.69, 9.17) is 9.47 Å². The second kappa shape index (κ2) is 6.61. The summed E-state index contributed by atoms with van der Waals surface area (Å²) >= 11 is 3.49. The molecule has 0 aliphatic heterocycles. The van der Waals surface area contributed by atoms with Gasteiger partial charge in [0.25, 0.3) is 0 Å². The fraction of sp³-hybridized carbons (Fsp3) is 0.158. The minimum atomic E-state index is -0.142. The van der Waals surface area contributed by atoms with Gasteiger partial charge in [-0.1, -0.05) is 40.2 Å². The highest BCUT2D eigenvalue weighted by Gasteiger charge is 2.25. The molecule has 122 valence electrons. The molecule has 0 aromatic heterocycles. The topological polar surface area (TPSA) is 52.6 Å². The van der Waals surface area contributed by atoms with Crippen LogP contribution in [-0.2, 0) is 6.42 Å². The van der Waals surface area contributed by atoms with Crippen molar-refractivity contribution < 1.29 is 19.1 Å². The number of ketones is 2. The Morgan fingerprint density at radius 2 is 1.58 bits per heavy atom. The average molecular weight is 387 g/mol. The molecule has 0 fully saturated rings. The van der Waals surface area contributed by atoms with Gasteiger partial charge in [0.1, 0.15) is 0 Å². The van der Waals surface area contributed by atoms with E-state index >= 15 is 0 Å². The van der Waals surface area contributed by atoms with Gasteiger partial charge in [0.05, 0.1) is 14.2 Å². The molecule has 5 heteroatoms. The highest BCUT2D eigenvalue weighted by atomic mass is 79.9. The minimum Gasteiger partial charge on any atom is -0.493 e. The third kappa shape index (κ3) is 2.87. The molecule has 0 spiro atoms. The van der Waals surface area contributed by atoms with E-state index in [0.29, 0.717) is 34.6 Å². The molecule has 0 unspecified atom stereocenters. The number of carbonyl (C=O) groups is 2. The first-order chi connectivity index (χ1) is 11.5. The summed E-state index contributed by atoms with van der Waals surface area (Å²) in [6.45, 7) is 0. The van der Waals surface area contributed by atoms with E-state index in [2.05, 4.69) is 15.9 Å². The number of benzene rings is 2. The molecule has 1 aliphatic rings. The third-order valence-electron chi connectivity index (χ3n) is 3.97. The zero-order chi connectivity index (χ0) is 17.3. The van der Waals surface area contributed by atoms with Gasteiger partial charge in [0, 0.05) is 27.6 Å². The predicted octanol–water partition coefficient (Wildman–Crippen LogP) is 4.01. The van der Waals surface area contributed by atoms with Crippen LogP contribution in [0.25, 0.3) is 0 Å². The molecule has 0 atom stereocenters. The Morgan fingerprint density at radius 1 is 0.958 bits per heavy atom. The zero-order valence-electron chi connectivity index (χ0n) is 13.3. The lowest BCUT2D eigenvalue weighted by molar-refractivity contribution is 0.0982. The van der Waals surface area contributed by atoms with Gasteiger partial charge in [0.15, 0.2) is 23.1 Å². The van der Waals surface area contributed by atoms with Gasteiger partial charge >= 0.3 is 0 Å². The summed E-state index contributed by atoms with van der Waals surface area (Å²) in [5.41, 5.74) is 2.22. The lowest BCUT2D eigenvalue weighted by Gasteiger charge is -2.16. The molecule has 0 saturated carbocycles. The number of ether oxygens (including phenoxy) is 2. The van der Waals surface area contributed by atoms with E-state index in [0.717, 1.165) is 10.0 Å². The van der Waals surface area contributed by atoms with Crippen LogP contribution in [0.2, 0.25) is 0 Å². The number of allylic oxidation sites excluding steroid dienone is 2. The zero-order valence-corrected chi connectivity index (χ0v) is 14.8. The van der Waals surface area contributed by atoms with Crippen molar-refractivity contribution in [1.29, 1.82) is 0 Å². The summed E-state index contributed by atoms with van der Waals surface area (Å²) in [7, 11) is 3.12. The molecule has 0 radical (unpaired) electrons. The van der Waals surface area contributed by atoms with Crippen molar-refractivity contribution in [2.24, 2.45) is 0 Å². The van der Waals surface area contributed by atoms with Crippen LogP contribution >= 0.6 is 15.9 Å². The molecule has 0 bridgehead atoms. The summed E-state index contributed by atoms with van der Waals surface area (Å²) in [4.78, 5) is 24.9. The SMILES string of the molecule is COc1cc(Br)c(CC2=CC(=O)c3ccccc3C2=O)cc1OC. The second-order valence-electron chi connectivity index (χ2n) is 5.38.